The Hall–Kier alpha value is 0.350. The van der Waals surface area contributed by atoms with Gasteiger partial charge in [-0.3, -0.25) is 0 Å². The quantitative estimate of drug-likeness (QED) is 0.366. The van der Waals surface area contributed by atoms with Crippen LogP contribution in [-0.2, 0) is 0 Å². The molecule has 2 rings (SSSR count). The van der Waals surface area contributed by atoms with Crippen molar-refractivity contribution in [2.24, 2.45) is 11.3 Å². The lowest BCUT2D eigenvalue weighted by molar-refractivity contribution is 0.119. The molecule has 0 aliphatic heterocycles. The molecule has 0 aromatic heterocycles. The van der Waals surface area contributed by atoms with Gasteiger partial charge in [0.05, 0.1) is 0 Å². The predicted octanol–water partition coefficient (Wildman–Crippen LogP) is 11.5. The van der Waals surface area contributed by atoms with Gasteiger partial charge in [0.25, 0.3) is 0 Å². The smallest absolute Gasteiger partial charge is 0.00196 e. The van der Waals surface area contributed by atoms with Crippen LogP contribution in [0, 0.1) is 11.3 Å². The van der Waals surface area contributed by atoms with E-state index in [1.807, 2.05) is 0 Å². The molecule has 1 heteroatoms. The summed E-state index contributed by atoms with van der Waals surface area (Å²) < 4.78 is 0. The summed E-state index contributed by atoms with van der Waals surface area (Å²) in [6.45, 7) is 2.70. The summed E-state index contributed by atoms with van der Waals surface area (Å²) in [6, 6.07) is 0. The summed E-state index contributed by atoms with van der Waals surface area (Å²) >= 11 is 5.18. The van der Waals surface area contributed by atoms with E-state index in [4.69, 9.17) is 12.6 Å². The Morgan fingerprint density at radius 2 is 0.750 bits per heavy atom. The van der Waals surface area contributed by atoms with Crippen molar-refractivity contribution in [3.63, 3.8) is 0 Å². The monoisotopic (exact) mass is 464 g/mol. The molecule has 2 fully saturated rings. The minimum atomic E-state index is 0.570. The normalized spacial score (nSPS) is 30.2. The molecule has 190 valence electrons. The SMILES string of the molecule is CC1(C2CCCCCCCCCCCCCCCC(S)C2)CCCCCCCCCCC1. The molecule has 0 aromatic carbocycles. The average molecular weight is 465 g/mol. The van der Waals surface area contributed by atoms with Gasteiger partial charge < -0.3 is 0 Å². The fourth-order valence-electron chi connectivity index (χ4n) is 6.74. The van der Waals surface area contributed by atoms with Crippen molar-refractivity contribution in [2.45, 2.75) is 186 Å². The maximum Gasteiger partial charge on any atom is 0.00196 e. The maximum atomic E-state index is 5.18. The van der Waals surface area contributed by atoms with Crippen LogP contribution in [0.1, 0.15) is 180 Å². The summed E-state index contributed by atoms with van der Waals surface area (Å²) in [5.74, 6) is 0.909. The molecule has 0 amide bonds. The number of thiol groups is 1. The summed E-state index contributed by atoms with van der Waals surface area (Å²) in [5, 5.41) is 0.636. The van der Waals surface area contributed by atoms with Crippen molar-refractivity contribution < 1.29 is 0 Å². The summed E-state index contributed by atoms with van der Waals surface area (Å²) in [7, 11) is 0. The molecule has 0 saturated heterocycles. The Balaban J connectivity index is 1.95. The number of rotatable bonds is 1. The van der Waals surface area contributed by atoms with Crippen LogP contribution in [0.4, 0.5) is 0 Å². The predicted molar refractivity (Wildman–Crippen MR) is 149 cm³/mol. The molecule has 2 aliphatic rings. The topological polar surface area (TPSA) is 0 Å². The Morgan fingerprint density at radius 3 is 1.16 bits per heavy atom. The Bertz CT molecular complexity index is 405. The van der Waals surface area contributed by atoms with E-state index < -0.39 is 0 Å². The highest BCUT2D eigenvalue weighted by molar-refractivity contribution is 7.80. The summed E-state index contributed by atoms with van der Waals surface area (Å²) in [4.78, 5) is 0. The van der Waals surface area contributed by atoms with Crippen LogP contribution in [-0.4, -0.2) is 5.25 Å². The first-order valence-corrected chi connectivity index (χ1v) is 15.9. The van der Waals surface area contributed by atoms with Gasteiger partial charge in [0, 0.05) is 5.25 Å². The minimum absolute atomic E-state index is 0.570. The molecular weight excluding hydrogens is 404 g/mol. The van der Waals surface area contributed by atoms with Crippen molar-refractivity contribution in [1.82, 2.24) is 0 Å². The molecule has 0 aromatic rings. The highest BCUT2D eigenvalue weighted by Crippen LogP contribution is 2.45. The van der Waals surface area contributed by atoms with Crippen LogP contribution in [0.15, 0.2) is 0 Å². The Kier molecular flexibility index (Phi) is 16.7. The molecule has 2 atom stereocenters. The largest absolute Gasteiger partial charge is 0.176 e. The van der Waals surface area contributed by atoms with E-state index in [1.165, 1.54) is 173 Å². The van der Waals surface area contributed by atoms with Gasteiger partial charge in [-0.1, -0.05) is 148 Å². The minimum Gasteiger partial charge on any atom is -0.176 e. The molecule has 0 radical (unpaired) electrons. The van der Waals surface area contributed by atoms with Crippen molar-refractivity contribution in [2.75, 3.05) is 0 Å². The Morgan fingerprint density at radius 1 is 0.438 bits per heavy atom. The zero-order valence-corrected chi connectivity index (χ0v) is 23.1. The highest BCUT2D eigenvalue weighted by Gasteiger charge is 2.33. The second kappa shape index (κ2) is 18.6. The second-order valence-electron chi connectivity index (χ2n) is 12.1. The van der Waals surface area contributed by atoms with Gasteiger partial charge in [-0.05, 0) is 43.4 Å². The van der Waals surface area contributed by atoms with Crippen LogP contribution < -0.4 is 0 Å². The average Bonchev–Trinajstić information content (AvgIpc) is 2.77. The lowest BCUT2D eigenvalue weighted by Crippen LogP contribution is -2.30. The molecule has 2 saturated carbocycles. The fraction of sp³-hybridized carbons (Fsp3) is 1.00. The van der Waals surface area contributed by atoms with Crippen LogP contribution in [0.25, 0.3) is 0 Å². The van der Waals surface area contributed by atoms with Gasteiger partial charge in [0.2, 0.25) is 0 Å². The van der Waals surface area contributed by atoms with Crippen LogP contribution in [0.2, 0.25) is 0 Å². The van der Waals surface area contributed by atoms with E-state index in [0.29, 0.717) is 10.7 Å². The van der Waals surface area contributed by atoms with Gasteiger partial charge in [-0.25, -0.2) is 0 Å². The van der Waals surface area contributed by atoms with Crippen LogP contribution >= 0.6 is 12.6 Å². The van der Waals surface area contributed by atoms with E-state index in [-0.39, 0.29) is 0 Å². The zero-order chi connectivity index (χ0) is 22.7. The first-order valence-electron chi connectivity index (χ1n) is 15.4. The summed E-state index contributed by atoms with van der Waals surface area (Å²) in [6.07, 6.45) is 39.6. The highest BCUT2D eigenvalue weighted by atomic mass is 32.1. The molecule has 0 bridgehead atoms. The van der Waals surface area contributed by atoms with Gasteiger partial charge in [0.1, 0.15) is 0 Å². The van der Waals surface area contributed by atoms with Gasteiger partial charge in [0.15, 0.2) is 0 Å². The molecule has 0 N–H and O–H groups in total. The van der Waals surface area contributed by atoms with Crippen molar-refractivity contribution in [3.8, 4) is 0 Å². The van der Waals surface area contributed by atoms with Gasteiger partial charge in [-0.2, -0.15) is 12.6 Å². The van der Waals surface area contributed by atoms with E-state index in [0.717, 1.165) is 5.92 Å². The van der Waals surface area contributed by atoms with Crippen molar-refractivity contribution in [1.29, 1.82) is 0 Å². The molecule has 2 unspecified atom stereocenters. The van der Waals surface area contributed by atoms with E-state index in [1.54, 1.807) is 0 Å². The van der Waals surface area contributed by atoms with Gasteiger partial charge >= 0.3 is 0 Å². The third-order valence-corrected chi connectivity index (χ3v) is 9.60. The second-order valence-corrected chi connectivity index (χ2v) is 12.8. The Labute approximate surface area is 209 Å². The molecule has 0 spiro atoms. The molecule has 2 aliphatic carbocycles. The third-order valence-electron chi connectivity index (χ3n) is 9.13. The van der Waals surface area contributed by atoms with E-state index in [2.05, 4.69) is 6.92 Å². The van der Waals surface area contributed by atoms with E-state index in [9.17, 15) is 0 Å². The first-order chi connectivity index (χ1) is 15.7. The van der Waals surface area contributed by atoms with Gasteiger partial charge in [-0.15, -0.1) is 0 Å². The molecule has 0 nitrogen and oxygen atoms in total. The standard InChI is InChI=1S/C31H60S/c1-31(26-22-18-14-10-7-11-15-19-23-27-31)29-24-20-16-12-8-5-3-2-4-6-9-13-17-21-25-30(32)28-29/h29-30,32H,2-28H2,1H3. The zero-order valence-electron chi connectivity index (χ0n) is 22.2. The molecule has 0 heterocycles. The van der Waals surface area contributed by atoms with Crippen molar-refractivity contribution in [3.05, 3.63) is 0 Å². The fourth-order valence-corrected chi connectivity index (χ4v) is 7.18. The number of hydrogen-bond acceptors (Lipinski definition) is 1. The maximum absolute atomic E-state index is 5.18. The third kappa shape index (κ3) is 13.3. The lowest BCUT2D eigenvalue weighted by Gasteiger charge is -2.40. The van der Waals surface area contributed by atoms with Crippen molar-refractivity contribution >= 4 is 12.6 Å². The van der Waals surface area contributed by atoms with Crippen LogP contribution in [0.5, 0.6) is 0 Å². The van der Waals surface area contributed by atoms with Crippen LogP contribution in [0.3, 0.4) is 0 Å². The molecule has 32 heavy (non-hydrogen) atoms. The number of hydrogen-bond donors (Lipinski definition) is 1. The van der Waals surface area contributed by atoms with E-state index >= 15 is 0 Å². The first kappa shape index (κ1) is 28.6. The molecular formula is C31H60S. The lowest BCUT2D eigenvalue weighted by atomic mass is 9.66. The summed E-state index contributed by atoms with van der Waals surface area (Å²) in [5.41, 5.74) is 0.570.